The van der Waals surface area contributed by atoms with Gasteiger partial charge in [-0.1, -0.05) is 26.0 Å². The molecule has 1 aliphatic heterocycles. The molecular weight excluding hydrogens is 598 g/mol. The standard InChI is InChI=1S/C32H45N5O9/c1-19(2)17-24(35-25(39)15-16-37-26(40)12-13-27(37)41)31(45)33-20(3)29(43)36-23(11-14-28(42)46-32(4,5)6)30(44)34-22-9-7-21(18-38)8-10-22/h7-10,12-13,19-20,23-24,38H,11,14-18H2,1-6H3,(H,33,45)(H,34,44)(H,35,39)(H,36,43)/t20-,23-,24+/m0/s1. The van der Waals surface area contributed by atoms with Crippen molar-refractivity contribution in [3.63, 3.8) is 0 Å². The van der Waals surface area contributed by atoms with Crippen LogP contribution in [-0.2, 0) is 44.9 Å². The summed E-state index contributed by atoms with van der Waals surface area (Å²) in [6, 6.07) is 3.09. The minimum Gasteiger partial charge on any atom is -0.460 e. The van der Waals surface area contributed by atoms with Crippen LogP contribution >= 0.6 is 0 Å². The van der Waals surface area contributed by atoms with Gasteiger partial charge in [-0.3, -0.25) is 38.5 Å². The molecule has 0 saturated heterocycles. The summed E-state index contributed by atoms with van der Waals surface area (Å²) >= 11 is 0. The lowest BCUT2D eigenvalue weighted by molar-refractivity contribution is -0.155. The largest absolute Gasteiger partial charge is 0.460 e. The zero-order chi connectivity index (χ0) is 34.6. The number of esters is 1. The maximum atomic E-state index is 13.2. The highest BCUT2D eigenvalue weighted by Gasteiger charge is 2.30. The Morgan fingerprint density at radius 3 is 1.98 bits per heavy atom. The van der Waals surface area contributed by atoms with Crippen LogP contribution in [0.25, 0.3) is 0 Å². The van der Waals surface area contributed by atoms with Crippen molar-refractivity contribution in [2.24, 2.45) is 5.92 Å². The first kappa shape index (κ1) is 37.6. The predicted molar refractivity (Wildman–Crippen MR) is 167 cm³/mol. The maximum Gasteiger partial charge on any atom is 0.306 e. The number of nitrogens with zero attached hydrogens (tertiary/aromatic N) is 1. The zero-order valence-corrected chi connectivity index (χ0v) is 27.2. The van der Waals surface area contributed by atoms with Gasteiger partial charge in [0.15, 0.2) is 0 Å². The van der Waals surface area contributed by atoms with Gasteiger partial charge in [0.1, 0.15) is 23.7 Å². The number of nitrogens with one attached hydrogen (secondary N) is 4. The van der Waals surface area contributed by atoms with Gasteiger partial charge in [-0.15, -0.1) is 0 Å². The lowest BCUT2D eigenvalue weighted by atomic mass is 10.0. The number of carbonyl (C=O) groups excluding carboxylic acids is 7. The van der Waals surface area contributed by atoms with Crippen LogP contribution in [0, 0.1) is 5.92 Å². The van der Waals surface area contributed by atoms with E-state index in [4.69, 9.17) is 4.74 Å². The molecule has 14 nitrogen and oxygen atoms in total. The van der Waals surface area contributed by atoms with Gasteiger partial charge in [-0.2, -0.15) is 0 Å². The topological polar surface area (TPSA) is 200 Å². The Morgan fingerprint density at radius 2 is 1.43 bits per heavy atom. The summed E-state index contributed by atoms with van der Waals surface area (Å²) in [4.78, 5) is 88.9. The number of aliphatic hydroxyl groups excluding tert-OH is 1. The fourth-order valence-electron chi connectivity index (χ4n) is 4.36. The van der Waals surface area contributed by atoms with Gasteiger partial charge in [-0.25, -0.2) is 0 Å². The highest BCUT2D eigenvalue weighted by Crippen LogP contribution is 2.14. The predicted octanol–water partition coefficient (Wildman–Crippen LogP) is 1.07. The van der Waals surface area contributed by atoms with Crippen LogP contribution in [0.3, 0.4) is 0 Å². The number of rotatable bonds is 16. The number of ether oxygens (including phenoxy) is 1. The average molecular weight is 644 g/mol. The average Bonchev–Trinajstić information content (AvgIpc) is 3.29. The van der Waals surface area contributed by atoms with Crippen molar-refractivity contribution in [2.45, 2.75) is 97.6 Å². The molecule has 2 rings (SSSR count). The van der Waals surface area contributed by atoms with E-state index in [0.717, 1.165) is 17.1 Å². The molecule has 6 amide bonds. The van der Waals surface area contributed by atoms with Crippen LogP contribution < -0.4 is 21.3 Å². The van der Waals surface area contributed by atoms with E-state index < -0.39 is 65.1 Å². The zero-order valence-electron chi connectivity index (χ0n) is 27.2. The van der Waals surface area contributed by atoms with Gasteiger partial charge < -0.3 is 31.1 Å². The van der Waals surface area contributed by atoms with Crippen molar-refractivity contribution in [2.75, 3.05) is 11.9 Å². The second kappa shape index (κ2) is 17.2. The summed E-state index contributed by atoms with van der Waals surface area (Å²) < 4.78 is 5.33. The Hall–Kier alpha value is -4.59. The molecule has 0 aromatic heterocycles. The number of benzene rings is 1. The second-order valence-corrected chi connectivity index (χ2v) is 12.4. The van der Waals surface area contributed by atoms with Crippen LogP contribution in [0.15, 0.2) is 36.4 Å². The van der Waals surface area contributed by atoms with E-state index in [9.17, 15) is 38.7 Å². The van der Waals surface area contributed by atoms with Crippen LogP contribution in [0.1, 0.15) is 72.8 Å². The molecule has 0 unspecified atom stereocenters. The summed E-state index contributed by atoms with van der Waals surface area (Å²) in [5.74, 6) is -4.13. The number of hydrogen-bond acceptors (Lipinski definition) is 9. The van der Waals surface area contributed by atoms with E-state index in [0.29, 0.717) is 11.3 Å². The monoisotopic (exact) mass is 643 g/mol. The van der Waals surface area contributed by atoms with E-state index >= 15 is 0 Å². The van der Waals surface area contributed by atoms with Crippen molar-refractivity contribution in [3.8, 4) is 0 Å². The van der Waals surface area contributed by atoms with E-state index in [-0.39, 0.29) is 44.8 Å². The summed E-state index contributed by atoms with van der Waals surface area (Å²) in [6.07, 6.45) is 1.99. The summed E-state index contributed by atoms with van der Waals surface area (Å²) in [7, 11) is 0. The van der Waals surface area contributed by atoms with E-state index in [1.807, 2.05) is 13.8 Å². The molecule has 0 aliphatic carbocycles. The fraction of sp³-hybridized carbons (Fsp3) is 0.531. The molecule has 0 spiro atoms. The van der Waals surface area contributed by atoms with E-state index in [1.165, 1.54) is 6.92 Å². The molecule has 0 fully saturated rings. The normalized spacial score (nSPS) is 14.8. The second-order valence-electron chi connectivity index (χ2n) is 12.4. The third-order valence-electron chi connectivity index (χ3n) is 6.67. The van der Waals surface area contributed by atoms with Crippen LogP contribution in [0.2, 0.25) is 0 Å². The SMILES string of the molecule is CC(C)C[C@@H](NC(=O)CCN1C(=O)C=CC1=O)C(=O)N[C@@H](C)C(=O)N[C@@H](CCC(=O)OC(C)(C)C)C(=O)Nc1ccc(CO)cc1. The Morgan fingerprint density at radius 1 is 0.826 bits per heavy atom. The first-order valence-corrected chi connectivity index (χ1v) is 15.1. The Labute approximate surface area is 268 Å². The molecular formula is C32H45N5O9. The highest BCUT2D eigenvalue weighted by atomic mass is 16.6. The lowest BCUT2D eigenvalue weighted by Crippen LogP contribution is -2.55. The Bertz CT molecular complexity index is 1300. The molecule has 0 saturated carbocycles. The lowest BCUT2D eigenvalue weighted by Gasteiger charge is -2.25. The fourth-order valence-corrected chi connectivity index (χ4v) is 4.36. The minimum absolute atomic E-state index is 0.0153. The molecule has 1 aromatic rings. The van der Waals surface area contributed by atoms with Gasteiger partial charge in [0.05, 0.1) is 6.61 Å². The molecule has 252 valence electrons. The molecule has 1 heterocycles. The van der Waals surface area contributed by atoms with Gasteiger partial charge in [0, 0.05) is 37.2 Å². The van der Waals surface area contributed by atoms with E-state index in [2.05, 4.69) is 21.3 Å². The number of hydrogen-bond donors (Lipinski definition) is 5. The van der Waals surface area contributed by atoms with E-state index in [1.54, 1.807) is 45.0 Å². The number of carbonyl (C=O) groups is 7. The maximum absolute atomic E-state index is 13.2. The number of amides is 6. The molecule has 46 heavy (non-hydrogen) atoms. The third kappa shape index (κ3) is 12.8. The highest BCUT2D eigenvalue weighted by molar-refractivity contribution is 6.13. The number of anilines is 1. The molecule has 1 aliphatic rings. The quantitative estimate of drug-likeness (QED) is 0.129. The molecule has 0 bridgehead atoms. The van der Waals surface area contributed by atoms with Crippen LogP contribution in [0.5, 0.6) is 0 Å². The van der Waals surface area contributed by atoms with Crippen molar-refractivity contribution >= 4 is 47.1 Å². The van der Waals surface area contributed by atoms with Crippen molar-refractivity contribution in [3.05, 3.63) is 42.0 Å². The molecule has 3 atom stereocenters. The van der Waals surface area contributed by atoms with Gasteiger partial charge in [0.25, 0.3) is 11.8 Å². The summed E-state index contributed by atoms with van der Waals surface area (Å²) in [5, 5.41) is 19.7. The van der Waals surface area contributed by atoms with Crippen molar-refractivity contribution in [1.82, 2.24) is 20.9 Å². The molecule has 0 radical (unpaired) electrons. The smallest absolute Gasteiger partial charge is 0.306 e. The van der Waals surface area contributed by atoms with Crippen LogP contribution in [0.4, 0.5) is 5.69 Å². The third-order valence-corrected chi connectivity index (χ3v) is 6.67. The summed E-state index contributed by atoms with van der Waals surface area (Å²) in [5.41, 5.74) is 0.300. The van der Waals surface area contributed by atoms with Gasteiger partial charge in [0.2, 0.25) is 23.6 Å². The Kier molecular flexibility index (Phi) is 14.1. The Balaban J connectivity index is 2.06. The van der Waals surface area contributed by atoms with Gasteiger partial charge in [-0.05, 0) is 64.2 Å². The van der Waals surface area contributed by atoms with Crippen molar-refractivity contribution in [1.29, 1.82) is 0 Å². The number of imide groups is 1. The van der Waals surface area contributed by atoms with Crippen LogP contribution in [-0.4, -0.2) is 81.7 Å². The van der Waals surface area contributed by atoms with Gasteiger partial charge >= 0.3 is 5.97 Å². The first-order valence-electron chi connectivity index (χ1n) is 15.1. The number of aliphatic hydroxyl groups is 1. The minimum atomic E-state index is -1.17. The van der Waals surface area contributed by atoms with Crippen molar-refractivity contribution < 1.29 is 43.4 Å². The summed E-state index contributed by atoms with van der Waals surface area (Å²) in [6.45, 7) is 9.91. The first-order chi connectivity index (χ1) is 21.5. The molecule has 14 heteroatoms. The molecule has 1 aromatic carbocycles. The molecule has 5 N–H and O–H groups in total.